The molecule has 0 saturated carbocycles. The van der Waals surface area contributed by atoms with E-state index < -0.39 is 0 Å². The molecule has 3 rings (SSSR count). The molecule has 0 atom stereocenters. The number of aromatic nitrogens is 3. The van der Waals surface area contributed by atoms with Crippen molar-refractivity contribution in [2.45, 2.75) is 32.9 Å². The van der Waals surface area contributed by atoms with Crippen LogP contribution in [0.1, 0.15) is 22.3 Å². The third-order valence-corrected chi connectivity index (χ3v) is 6.97. The van der Waals surface area contributed by atoms with E-state index in [4.69, 9.17) is 34.4 Å². The van der Waals surface area contributed by atoms with E-state index in [1.807, 2.05) is 34.1 Å². The highest BCUT2D eigenvalue weighted by Crippen LogP contribution is 2.34. The maximum Gasteiger partial charge on any atom is 0.240 e. The number of anilines is 2. The number of benzene rings is 2. The highest BCUT2D eigenvalue weighted by molar-refractivity contribution is 8.23. The highest BCUT2D eigenvalue weighted by atomic mass is 32.2. The first kappa shape index (κ1) is 22.9. The summed E-state index contributed by atoms with van der Waals surface area (Å²) in [6.07, 6.45) is 3.97. The molecule has 2 aromatic carbocycles. The van der Waals surface area contributed by atoms with Crippen LogP contribution in [0.3, 0.4) is 0 Å². The number of thiocarbonyl (C=S) groups is 1. The molecule has 0 saturated heterocycles. The van der Waals surface area contributed by atoms with Crippen LogP contribution in [0.25, 0.3) is 5.69 Å². The topological polar surface area (TPSA) is 34.0 Å². The minimum Gasteiger partial charge on any atom is -0.263 e. The minimum atomic E-state index is 0.460. The van der Waals surface area contributed by atoms with E-state index in [0.717, 1.165) is 38.8 Å². The van der Waals surface area contributed by atoms with Crippen LogP contribution in [-0.4, -0.2) is 31.4 Å². The predicted octanol–water partition coefficient (Wildman–Crippen LogP) is 6.74. The van der Waals surface area contributed by atoms with Gasteiger partial charge < -0.3 is 0 Å². The van der Waals surface area contributed by atoms with Crippen LogP contribution in [0.15, 0.2) is 41.6 Å². The van der Waals surface area contributed by atoms with Gasteiger partial charge in [0.05, 0.1) is 11.4 Å². The largest absolute Gasteiger partial charge is 0.263 e. The molecule has 0 N–H and O–H groups in total. The molecule has 0 aliphatic carbocycles. The Labute approximate surface area is 197 Å². The lowest BCUT2D eigenvalue weighted by molar-refractivity contribution is 0.762. The zero-order valence-corrected chi connectivity index (χ0v) is 21.2. The van der Waals surface area contributed by atoms with Crippen molar-refractivity contribution in [1.82, 2.24) is 14.5 Å². The Kier molecular flexibility index (Phi) is 7.34. The van der Waals surface area contributed by atoms with Gasteiger partial charge in [0.1, 0.15) is 4.32 Å². The molecule has 0 fully saturated rings. The number of aryl methyl sites for hydroxylation is 4. The average molecular weight is 473 g/mol. The Morgan fingerprint density at radius 1 is 0.900 bits per heavy atom. The monoisotopic (exact) mass is 472 g/mol. The van der Waals surface area contributed by atoms with E-state index in [9.17, 15) is 0 Å². The smallest absolute Gasteiger partial charge is 0.240 e. The first-order chi connectivity index (χ1) is 14.3. The third kappa shape index (κ3) is 4.32. The molecule has 0 spiro atoms. The van der Waals surface area contributed by atoms with Gasteiger partial charge in [0.15, 0.2) is 5.16 Å². The van der Waals surface area contributed by atoms with Crippen LogP contribution in [0.4, 0.5) is 11.6 Å². The van der Waals surface area contributed by atoms with Crippen molar-refractivity contribution in [2.24, 2.45) is 0 Å². The lowest BCUT2D eigenvalue weighted by Crippen LogP contribution is -2.26. The predicted molar refractivity (Wildman–Crippen MR) is 138 cm³/mol. The van der Waals surface area contributed by atoms with Gasteiger partial charge in [-0.2, -0.15) is 9.97 Å². The van der Waals surface area contributed by atoms with Crippen LogP contribution < -0.4 is 4.90 Å². The van der Waals surface area contributed by atoms with Crippen molar-refractivity contribution >= 4 is 63.9 Å². The number of nitrogens with zero attached hydrogens (tertiary/aromatic N) is 4. The molecule has 4 nitrogen and oxygen atoms in total. The lowest BCUT2D eigenvalue weighted by atomic mass is 10.1. The SMILES string of the molecule is CSC(=S)N(c1nc(SC)n(-c2c(C)cccc2C)c(=S)n1)c1c(C)cccc1C. The Morgan fingerprint density at radius 3 is 1.93 bits per heavy atom. The maximum absolute atomic E-state index is 5.77. The molecular weight excluding hydrogens is 449 g/mol. The highest BCUT2D eigenvalue weighted by Gasteiger charge is 2.23. The van der Waals surface area contributed by atoms with Gasteiger partial charge in [-0.1, -0.05) is 72.1 Å². The zero-order valence-electron chi connectivity index (χ0n) is 17.9. The Bertz CT molecular complexity index is 1130. The summed E-state index contributed by atoms with van der Waals surface area (Å²) in [5, 5.41) is 0.780. The number of rotatable bonds is 4. The summed E-state index contributed by atoms with van der Waals surface area (Å²) in [4.78, 5) is 11.6. The third-order valence-electron chi connectivity index (χ3n) is 4.84. The molecule has 30 heavy (non-hydrogen) atoms. The van der Waals surface area contributed by atoms with Crippen molar-refractivity contribution in [3.05, 3.63) is 63.4 Å². The summed E-state index contributed by atoms with van der Waals surface area (Å²) in [6, 6.07) is 12.4. The molecule has 0 aliphatic heterocycles. The number of thioether (sulfide) groups is 2. The van der Waals surface area contributed by atoms with Crippen molar-refractivity contribution < 1.29 is 0 Å². The second kappa shape index (κ2) is 9.60. The van der Waals surface area contributed by atoms with Crippen LogP contribution in [0.2, 0.25) is 0 Å². The molecule has 1 heterocycles. The molecule has 0 bridgehead atoms. The van der Waals surface area contributed by atoms with E-state index in [1.54, 1.807) is 11.8 Å². The summed E-state index contributed by atoms with van der Waals surface area (Å²) in [5.74, 6) is 0.503. The maximum atomic E-state index is 5.77. The molecule has 3 aromatic rings. The molecule has 0 radical (unpaired) electrons. The quantitative estimate of drug-likeness (QED) is 0.307. The fraction of sp³-hybridized carbons (Fsp3) is 0.273. The second-order valence-corrected chi connectivity index (χ2v) is 9.49. The van der Waals surface area contributed by atoms with Gasteiger partial charge in [-0.25, -0.2) is 0 Å². The van der Waals surface area contributed by atoms with Gasteiger partial charge in [0.2, 0.25) is 10.7 Å². The van der Waals surface area contributed by atoms with Gasteiger partial charge in [-0.15, -0.1) is 0 Å². The second-order valence-electron chi connectivity index (χ2n) is 6.91. The minimum absolute atomic E-state index is 0.460. The number of hydrogen-bond donors (Lipinski definition) is 0. The van der Waals surface area contributed by atoms with Crippen LogP contribution in [0.5, 0.6) is 0 Å². The van der Waals surface area contributed by atoms with E-state index in [-0.39, 0.29) is 0 Å². The number of para-hydroxylation sites is 2. The average Bonchev–Trinajstić information content (AvgIpc) is 2.71. The van der Waals surface area contributed by atoms with Gasteiger partial charge in [-0.05, 0) is 74.7 Å². The van der Waals surface area contributed by atoms with Crippen molar-refractivity contribution in [1.29, 1.82) is 0 Å². The van der Waals surface area contributed by atoms with Crippen molar-refractivity contribution in [3.8, 4) is 5.69 Å². The first-order valence-electron chi connectivity index (χ1n) is 9.36. The lowest BCUT2D eigenvalue weighted by Gasteiger charge is -2.27. The van der Waals surface area contributed by atoms with Gasteiger partial charge >= 0.3 is 0 Å². The van der Waals surface area contributed by atoms with E-state index in [1.165, 1.54) is 11.8 Å². The fourth-order valence-corrected chi connectivity index (χ4v) is 4.87. The van der Waals surface area contributed by atoms with Crippen LogP contribution in [0, 0.1) is 32.5 Å². The molecule has 8 heteroatoms. The first-order valence-corrected chi connectivity index (χ1v) is 12.6. The van der Waals surface area contributed by atoms with E-state index >= 15 is 0 Å². The molecular formula is C22H24N4S4. The van der Waals surface area contributed by atoms with Gasteiger partial charge in [0.25, 0.3) is 0 Å². The summed E-state index contributed by atoms with van der Waals surface area (Å²) < 4.78 is 3.10. The van der Waals surface area contributed by atoms with Gasteiger partial charge in [0, 0.05) is 0 Å². The molecule has 0 unspecified atom stereocenters. The standard InChI is InChI=1S/C22H24N4S4/c1-13-9-7-10-14(2)17(13)25(22(28)30-6)19-23-20(27)26(21(24-19)29-5)18-15(3)11-8-12-16(18)4/h7-12H,1-6H3. The van der Waals surface area contributed by atoms with Gasteiger partial charge in [-0.3, -0.25) is 9.47 Å². The Hall–Kier alpha value is -1.74. The molecule has 0 amide bonds. The summed E-state index contributed by atoms with van der Waals surface area (Å²) in [7, 11) is 0. The van der Waals surface area contributed by atoms with Crippen molar-refractivity contribution in [3.63, 3.8) is 0 Å². The van der Waals surface area contributed by atoms with Crippen LogP contribution >= 0.6 is 48.0 Å². The summed E-state index contributed by atoms with van der Waals surface area (Å²) >= 11 is 14.5. The van der Waals surface area contributed by atoms with Crippen molar-refractivity contribution in [2.75, 3.05) is 17.4 Å². The zero-order chi connectivity index (χ0) is 22.0. The Morgan fingerprint density at radius 2 is 1.43 bits per heavy atom. The molecule has 1 aromatic heterocycles. The normalized spacial score (nSPS) is 10.9. The number of hydrogen-bond acceptors (Lipinski definition) is 6. The Balaban J connectivity index is 2.29. The van der Waals surface area contributed by atoms with Crippen LogP contribution in [-0.2, 0) is 0 Å². The molecule has 156 valence electrons. The molecule has 0 aliphatic rings. The van der Waals surface area contributed by atoms with E-state index in [2.05, 4.69) is 52.0 Å². The van der Waals surface area contributed by atoms with E-state index in [0.29, 0.717) is 15.0 Å². The summed E-state index contributed by atoms with van der Waals surface area (Å²) in [6.45, 7) is 8.30. The summed E-state index contributed by atoms with van der Waals surface area (Å²) in [5.41, 5.74) is 6.51. The fourth-order valence-electron chi connectivity index (χ4n) is 3.49.